The van der Waals surface area contributed by atoms with E-state index in [2.05, 4.69) is 10.0 Å². The van der Waals surface area contributed by atoms with Crippen LogP contribution in [0.15, 0.2) is 47.4 Å². The van der Waals surface area contributed by atoms with E-state index in [9.17, 15) is 17.6 Å². The molecule has 6 nitrogen and oxygen atoms in total. The minimum Gasteiger partial charge on any atom is -0.354 e. The summed E-state index contributed by atoms with van der Waals surface area (Å²) in [4.78, 5) is 14.3. The van der Waals surface area contributed by atoms with E-state index < -0.39 is 10.0 Å². The van der Waals surface area contributed by atoms with Gasteiger partial charge in [0.1, 0.15) is 5.82 Å². The van der Waals surface area contributed by atoms with Gasteiger partial charge in [0.2, 0.25) is 15.9 Å². The van der Waals surface area contributed by atoms with Crippen LogP contribution in [0.3, 0.4) is 0 Å². The summed E-state index contributed by atoms with van der Waals surface area (Å²) in [6, 6.07) is 10.9. The SMILES string of the molecule is Cc1ccc(S(=O)(=O)NCCC(=O)NCC(c2ccc(F)cc2)N(C)C)cc1C. The van der Waals surface area contributed by atoms with Gasteiger partial charge in [-0.1, -0.05) is 18.2 Å². The molecule has 0 aliphatic heterocycles. The van der Waals surface area contributed by atoms with Crippen LogP contribution in [0.5, 0.6) is 0 Å². The molecule has 0 spiro atoms. The normalized spacial score (nSPS) is 12.8. The number of hydrogen-bond donors (Lipinski definition) is 2. The molecule has 0 fully saturated rings. The molecule has 0 aliphatic carbocycles. The molecule has 158 valence electrons. The van der Waals surface area contributed by atoms with E-state index >= 15 is 0 Å². The topological polar surface area (TPSA) is 78.5 Å². The van der Waals surface area contributed by atoms with E-state index in [0.717, 1.165) is 16.7 Å². The van der Waals surface area contributed by atoms with Crippen molar-refractivity contribution in [2.75, 3.05) is 27.2 Å². The quantitative estimate of drug-likeness (QED) is 0.652. The third-order valence-corrected chi connectivity index (χ3v) is 6.26. The Morgan fingerprint density at radius 2 is 1.72 bits per heavy atom. The molecule has 0 radical (unpaired) electrons. The number of rotatable bonds is 9. The number of sulfonamides is 1. The van der Waals surface area contributed by atoms with Crippen molar-refractivity contribution in [3.63, 3.8) is 0 Å². The van der Waals surface area contributed by atoms with E-state index in [4.69, 9.17) is 0 Å². The van der Waals surface area contributed by atoms with Gasteiger partial charge in [-0.05, 0) is 68.9 Å². The molecule has 0 aromatic heterocycles. The molecule has 1 amide bonds. The van der Waals surface area contributed by atoms with Crippen molar-refractivity contribution in [2.24, 2.45) is 0 Å². The van der Waals surface area contributed by atoms with Crippen LogP contribution < -0.4 is 10.0 Å². The van der Waals surface area contributed by atoms with Gasteiger partial charge in [0.05, 0.1) is 10.9 Å². The van der Waals surface area contributed by atoms with Crippen molar-refractivity contribution >= 4 is 15.9 Å². The number of aryl methyl sites for hydroxylation is 2. The summed E-state index contributed by atoms with van der Waals surface area (Å²) in [5.74, 6) is -0.576. The number of carbonyl (C=O) groups excluding carboxylic acids is 1. The number of hydrogen-bond acceptors (Lipinski definition) is 4. The Labute approximate surface area is 172 Å². The Hall–Kier alpha value is -2.29. The molecule has 0 saturated carbocycles. The molecule has 0 aliphatic rings. The van der Waals surface area contributed by atoms with Crippen molar-refractivity contribution in [1.82, 2.24) is 14.9 Å². The van der Waals surface area contributed by atoms with Crippen LogP contribution in [0.1, 0.15) is 29.2 Å². The van der Waals surface area contributed by atoms with Crippen LogP contribution in [-0.2, 0) is 14.8 Å². The van der Waals surface area contributed by atoms with Crippen molar-refractivity contribution in [2.45, 2.75) is 31.2 Å². The first-order chi connectivity index (χ1) is 13.6. The highest BCUT2D eigenvalue weighted by Gasteiger charge is 2.17. The number of benzene rings is 2. The van der Waals surface area contributed by atoms with Crippen LogP contribution in [0.2, 0.25) is 0 Å². The third-order valence-electron chi connectivity index (χ3n) is 4.80. The number of likely N-dealkylation sites (N-methyl/N-ethyl adjacent to an activating group) is 1. The van der Waals surface area contributed by atoms with E-state index in [-0.39, 0.29) is 35.6 Å². The number of nitrogens with zero attached hydrogens (tertiary/aromatic N) is 1. The largest absolute Gasteiger partial charge is 0.354 e. The van der Waals surface area contributed by atoms with Crippen molar-refractivity contribution < 1.29 is 17.6 Å². The van der Waals surface area contributed by atoms with Crippen molar-refractivity contribution in [3.05, 3.63) is 65.0 Å². The first-order valence-corrected chi connectivity index (χ1v) is 10.8. The third kappa shape index (κ3) is 6.62. The highest BCUT2D eigenvalue weighted by atomic mass is 32.2. The summed E-state index contributed by atoms with van der Waals surface area (Å²) in [5, 5.41) is 2.81. The average Bonchev–Trinajstić information content (AvgIpc) is 2.65. The van der Waals surface area contributed by atoms with Gasteiger partial charge >= 0.3 is 0 Å². The van der Waals surface area contributed by atoms with Crippen LogP contribution in [-0.4, -0.2) is 46.4 Å². The van der Waals surface area contributed by atoms with Crippen LogP contribution >= 0.6 is 0 Å². The smallest absolute Gasteiger partial charge is 0.240 e. The van der Waals surface area contributed by atoms with Gasteiger partial charge in [0.15, 0.2) is 0 Å². The minimum absolute atomic E-state index is 0.00424. The average molecular weight is 422 g/mol. The molecule has 2 aromatic carbocycles. The summed E-state index contributed by atoms with van der Waals surface area (Å²) >= 11 is 0. The van der Waals surface area contributed by atoms with Gasteiger partial charge in [-0.3, -0.25) is 4.79 Å². The second-order valence-corrected chi connectivity index (χ2v) is 9.00. The Balaban J connectivity index is 1.87. The molecule has 0 bridgehead atoms. The molecule has 2 rings (SSSR count). The maximum atomic E-state index is 13.1. The zero-order chi connectivity index (χ0) is 21.6. The van der Waals surface area contributed by atoms with Gasteiger partial charge in [-0.15, -0.1) is 0 Å². The summed E-state index contributed by atoms with van der Waals surface area (Å²) in [6.45, 7) is 4.10. The number of halogens is 1. The molecule has 1 unspecified atom stereocenters. The first kappa shape index (κ1) is 23.0. The first-order valence-electron chi connectivity index (χ1n) is 9.35. The summed E-state index contributed by atoms with van der Waals surface area (Å²) in [6.07, 6.45) is 0.0215. The van der Waals surface area contributed by atoms with Gasteiger partial charge < -0.3 is 10.2 Å². The fraction of sp³-hybridized carbons (Fsp3) is 0.381. The minimum atomic E-state index is -3.66. The van der Waals surface area contributed by atoms with Crippen molar-refractivity contribution in [3.8, 4) is 0 Å². The molecule has 8 heteroatoms. The van der Waals surface area contributed by atoms with Gasteiger partial charge in [0, 0.05) is 19.5 Å². The van der Waals surface area contributed by atoms with Crippen LogP contribution in [0.25, 0.3) is 0 Å². The van der Waals surface area contributed by atoms with E-state index in [1.54, 1.807) is 30.3 Å². The van der Waals surface area contributed by atoms with Crippen LogP contribution in [0, 0.1) is 19.7 Å². The summed E-state index contributed by atoms with van der Waals surface area (Å²) in [5.41, 5.74) is 2.79. The fourth-order valence-electron chi connectivity index (χ4n) is 2.85. The number of nitrogens with one attached hydrogen (secondary N) is 2. The standard InChI is InChI=1S/C21H28FN3O3S/c1-15-5-10-19(13-16(15)2)29(27,28)24-12-11-21(26)23-14-20(25(3)4)17-6-8-18(22)9-7-17/h5-10,13,20,24H,11-12,14H2,1-4H3,(H,23,26). The second kappa shape index (κ2) is 9.96. The highest BCUT2D eigenvalue weighted by Crippen LogP contribution is 2.18. The van der Waals surface area contributed by atoms with E-state index in [0.29, 0.717) is 6.54 Å². The Bertz CT molecular complexity index is 944. The maximum absolute atomic E-state index is 13.1. The monoisotopic (exact) mass is 421 g/mol. The number of amides is 1. The maximum Gasteiger partial charge on any atom is 0.240 e. The zero-order valence-corrected chi connectivity index (χ0v) is 18.0. The molecule has 0 heterocycles. The lowest BCUT2D eigenvalue weighted by atomic mass is 10.1. The molecule has 2 aromatic rings. The Kier molecular flexibility index (Phi) is 7.89. The lowest BCUT2D eigenvalue weighted by Gasteiger charge is -2.25. The molecule has 0 saturated heterocycles. The summed E-state index contributed by atoms with van der Waals surface area (Å²) < 4.78 is 40.3. The zero-order valence-electron chi connectivity index (χ0n) is 17.2. The fourth-order valence-corrected chi connectivity index (χ4v) is 3.96. The Morgan fingerprint density at radius 3 is 2.31 bits per heavy atom. The van der Waals surface area contributed by atoms with E-state index in [1.165, 1.54) is 12.1 Å². The summed E-state index contributed by atoms with van der Waals surface area (Å²) in [7, 11) is 0.0850. The molecule has 2 N–H and O–H groups in total. The van der Waals surface area contributed by atoms with Crippen LogP contribution in [0.4, 0.5) is 4.39 Å². The molecular weight excluding hydrogens is 393 g/mol. The highest BCUT2D eigenvalue weighted by molar-refractivity contribution is 7.89. The lowest BCUT2D eigenvalue weighted by molar-refractivity contribution is -0.121. The van der Waals surface area contributed by atoms with Gasteiger partial charge in [0.25, 0.3) is 0 Å². The van der Waals surface area contributed by atoms with Gasteiger partial charge in [-0.25, -0.2) is 17.5 Å². The predicted octanol–water partition coefficient (Wildman–Crippen LogP) is 2.53. The lowest BCUT2D eigenvalue weighted by Crippen LogP contribution is -2.36. The van der Waals surface area contributed by atoms with E-state index in [1.807, 2.05) is 32.8 Å². The van der Waals surface area contributed by atoms with Gasteiger partial charge in [-0.2, -0.15) is 0 Å². The number of carbonyl (C=O) groups is 1. The predicted molar refractivity (Wildman–Crippen MR) is 112 cm³/mol. The molecule has 29 heavy (non-hydrogen) atoms. The van der Waals surface area contributed by atoms with Crippen molar-refractivity contribution in [1.29, 1.82) is 0 Å². The molecular formula is C21H28FN3O3S. The second-order valence-electron chi connectivity index (χ2n) is 7.23. The Morgan fingerprint density at radius 1 is 1.07 bits per heavy atom. The molecule has 1 atom stereocenters.